The molecule has 1 amide bonds. The number of ether oxygens (including phenoxy) is 1. The van der Waals surface area contributed by atoms with Crippen molar-refractivity contribution in [3.8, 4) is 5.75 Å². The molecule has 6 nitrogen and oxygen atoms in total. The second kappa shape index (κ2) is 9.96. The number of benzene rings is 2. The van der Waals surface area contributed by atoms with Crippen molar-refractivity contribution in [1.82, 2.24) is 19.6 Å². The Labute approximate surface area is 197 Å². The number of amides is 1. The summed E-state index contributed by atoms with van der Waals surface area (Å²) in [5.41, 5.74) is 0.703. The van der Waals surface area contributed by atoms with Crippen molar-refractivity contribution in [2.24, 2.45) is 0 Å². The molecule has 0 saturated carbocycles. The fraction of sp³-hybridized carbons (Fsp3) is 0.304. The van der Waals surface area contributed by atoms with E-state index in [1.807, 2.05) is 18.2 Å². The number of halogens is 4. The van der Waals surface area contributed by atoms with Crippen molar-refractivity contribution in [3.05, 3.63) is 82.1 Å². The second-order valence-corrected chi connectivity index (χ2v) is 8.55. The Morgan fingerprint density at radius 3 is 2.52 bits per heavy atom. The predicted molar refractivity (Wildman–Crippen MR) is 120 cm³/mol. The highest BCUT2D eigenvalue weighted by molar-refractivity contribution is 9.10. The van der Waals surface area contributed by atoms with Crippen LogP contribution in [0, 0.1) is 0 Å². The number of piperazine rings is 1. The Hall–Kier alpha value is -2.85. The lowest BCUT2D eigenvalue weighted by atomic mass is 10.2. The molecule has 3 aromatic rings. The summed E-state index contributed by atoms with van der Waals surface area (Å²) < 4.78 is 46.4. The third-order valence-corrected chi connectivity index (χ3v) is 6.17. The molecule has 1 aromatic heterocycles. The Kier molecular flexibility index (Phi) is 7.04. The molecule has 2 aromatic carbocycles. The lowest BCUT2D eigenvalue weighted by Crippen LogP contribution is -2.48. The minimum atomic E-state index is -4.44. The smallest absolute Gasteiger partial charge is 0.416 e. The Morgan fingerprint density at radius 1 is 1.03 bits per heavy atom. The molecular weight excluding hydrogens is 501 g/mol. The van der Waals surface area contributed by atoms with E-state index < -0.39 is 11.7 Å². The lowest BCUT2D eigenvalue weighted by molar-refractivity contribution is -0.137. The molecule has 1 aliphatic heterocycles. The van der Waals surface area contributed by atoms with E-state index in [0.29, 0.717) is 13.1 Å². The maximum Gasteiger partial charge on any atom is 0.416 e. The summed E-state index contributed by atoms with van der Waals surface area (Å²) in [5.74, 6) is -0.0947. The molecule has 1 aliphatic rings. The maximum atomic E-state index is 12.8. The molecule has 2 heterocycles. The number of rotatable bonds is 6. The SMILES string of the molecule is O=C(c1ccn(COc2cccc(C(F)(F)F)c2)n1)N1CCN(Cc2ccccc2Br)CC1. The Morgan fingerprint density at radius 2 is 1.79 bits per heavy atom. The minimum absolute atomic E-state index is 0.0781. The number of nitrogens with zero attached hydrogens (tertiary/aromatic N) is 4. The van der Waals surface area contributed by atoms with Gasteiger partial charge < -0.3 is 9.64 Å². The van der Waals surface area contributed by atoms with Crippen molar-refractivity contribution in [2.75, 3.05) is 26.2 Å². The third kappa shape index (κ3) is 5.94. The first kappa shape index (κ1) is 23.3. The molecular formula is C23H22BrF3N4O2. The van der Waals surface area contributed by atoms with Gasteiger partial charge in [-0.3, -0.25) is 9.69 Å². The molecule has 0 spiro atoms. The van der Waals surface area contributed by atoms with Crippen LogP contribution in [0.1, 0.15) is 21.6 Å². The fourth-order valence-electron chi connectivity index (χ4n) is 3.59. The van der Waals surface area contributed by atoms with Crippen LogP contribution in [0.3, 0.4) is 0 Å². The molecule has 10 heteroatoms. The van der Waals surface area contributed by atoms with Gasteiger partial charge in [0.2, 0.25) is 0 Å². The molecule has 0 N–H and O–H groups in total. The molecule has 0 unspecified atom stereocenters. The van der Waals surface area contributed by atoms with Crippen LogP contribution in [0.2, 0.25) is 0 Å². The number of carbonyl (C=O) groups is 1. The quantitative estimate of drug-likeness (QED) is 0.472. The molecule has 0 bridgehead atoms. The summed E-state index contributed by atoms with van der Waals surface area (Å²) in [6.45, 7) is 3.41. The average molecular weight is 523 g/mol. The van der Waals surface area contributed by atoms with E-state index in [2.05, 4.69) is 32.0 Å². The van der Waals surface area contributed by atoms with E-state index >= 15 is 0 Å². The van der Waals surface area contributed by atoms with Gasteiger partial charge >= 0.3 is 6.18 Å². The average Bonchev–Trinajstić information content (AvgIpc) is 3.28. The van der Waals surface area contributed by atoms with Crippen molar-refractivity contribution in [2.45, 2.75) is 19.5 Å². The summed E-state index contributed by atoms with van der Waals surface area (Å²) in [7, 11) is 0. The Balaban J connectivity index is 1.29. The van der Waals surface area contributed by atoms with Crippen LogP contribution >= 0.6 is 15.9 Å². The van der Waals surface area contributed by atoms with Crippen LogP contribution in [-0.2, 0) is 19.5 Å². The predicted octanol–water partition coefficient (Wildman–Crippen LogP) is 4.66. The number of hydrogen-bond acceptors (Lipinski definition) is 4. The van der Waals surface area contributed by atoms with E-state index in [-0.39, 0.29) is 24.1 Å². The van der Waals surface area contributed by atoms with Crippen molar-refractivity contribution >= 4 is 21.8 Å². The maximum absolute atomic E-state index is 12.8. The zero-order valence-electron chi connectivity index (χ0n) is 17.6. The van der Waals surface area contributed by atoms with Crippen molar-refractivity contribution in [1.29, 1.82) is 0 Å². The van der Waals surface area contributed by atoms with E-state index in [0.717, 1.165) is 36.2 Å². The van der Waals surface area contributed by atoms with E-state index in [1.165, 1.54) is 22.4 Å². The molecule has 174 valence electrons. The zero-order chi connectivity index (χ0) is 23.4. The second-order valence-electron chi connectivity index (χ2n) is 7.70. The molecule has 1 fully saturated rings. The molecule has 0 radical (unpaired) electrons. The molecule has 33 heavy (non-hydrogen) atoms. The van der Waals surface area contributed by atoms with Crippen molar-refractivity contribution in [3.63, 3.8) is 0 Å². The van der Waals surface area contributed by atoms with Gasteiger partial charge in [0.25, 0.3) is 5.91 Å². The van der Waals surface area contributed by atoms with Crippen LogP contribution in [-0.4, -0.2) is 51.7 Å². The number of carbonyl (C=O) groups excluding carboxylic acids is 1. The van der Waals surface area contributed by atoms with Gasteiger partial charge in [0.05, 0.1) is 5.56 Å². The van der Waals surface area contributed by atoms with Crippen LogP contribution in [0.25, 0.3) is 0 Å². The van der Waals surface area contributed by atoms with Gasteiger partial charge in [-0.1, -0.05) is 40.2 Å². The highest BCUT2D eigenvalue weighted by Gasteiger charge is 2.30. The van der Waals surface area contributed by atoms with Crippen LogP contribution in [0.15, 0.2) is 65.3 Å². The molecule has 4 rings (SSSR count). The summed E-state index contributed by atoms with van der Waals surface area (Å²) in [4.78, 5) is 16.9. The first-order valence-corrected chi connectivity index (χ1v) is 11.2. The van der Waals surface area contributed by atoms with Crippen LogP contribution < -0.4 is 4.74 Å². The standard InChI is InChI=1S/C23H22BrF3N4O2/c24-20-7-2-1-4-17(20)15-29-10-12-30(13-11-29)22(32)21-8-9-31(28-21)16-33-19-6-3-5-18(14-19)23(25,26)27/h1-9,14H,10-13,15-16H2. The van der Waals surface area contributed by atoms with Gasteiger partial charge in [-0.15, -0.1) is 0 Å². The van der Waals surface area contributed by atoms with Gasteiger partial charge in [-0.05, 0) is 35.9 Å². The normalized spacial score (nSPS) is 15.0. The minimum Gasteiger partial charge on any atom is -0.471 e. The molecule has 0 aliphatic carbocycles. The van der Waals surface area contributed by atoms with Crippen LogP contribution in [0.4, 0.5) is 13.2 Å². The first-order chi connectivity index (χ1) is 15.8. The van der Waals surface area contributed by atoms with Gasteiger partial charge in [-0.25, -0.2) is 4.68 Å². The lowest BCUT2D eigenvalue weighted by Gasteiger charge is -2.34. The summed E-state index contributed by atoms with van der Waals surface area (Å²) in [6, 6.07) is 14.3. The number of aromatic nitrogens is 2. The third-order valence-electron chi connectivity index (χ3n) is 5.40. The molecule has 1 saturated heterocycles. The number of hydrogen-bond donors (Lipinski definition) is 0. The van der Waals surface area contributed by atoms with Gasteiger partial charge in [0.1, 0.15) is 5.75 Å². The van der Waals surface area contributed by atoms with E-state index in [9.17, 15) is 18.0 Å². The number of alkyl halides is 3. The zero-order valence-corrected chi connectivity index (χ0v) is 19.2. The van der Waals surface area contributed by atoms with Gasteiger partial charge in [0, 0.05) is 43.4 Å². The van der Waals surface area contributed by atoms with Crippen LogP contribution in [0.5, 0.6) is 5.75 Å². The fourth-order valence-corrected chi connectivity index (χ4v) is 4.00. The Bertz CT molecular complexity index is 1110. The summed E-state index contributed by atoms with van der Waals surface area (Å²) in [5, 5.41) is 4.23. The topological polar surface area (TPSA) is 50.6 Å². The highest BCUT2D eigenvalue weighted by Crippen LogP contribution is 2.31. The van der Waals surface area contributed by atoms with E-state index in [1.54, 1.807) is 17.2 Å². The van der Waals surface area contributed by atoms with Crippen molar-refractivity contribution < 1.29 is 22.7 Å². The summed E-state index contributed by atoms with van der Waals surface area (Å²) >= 11 is 3.57. The monoisotopic (exact) mass is 522 g/mol. The van der Waals surface area contributed by atoms with Gasteiger partial charge in [0.15, 0.2) is 12.4 Å². The largest absolute Gasteiger partial charge is 0.471 e. The highest BCUT2D eigenvalue weighted by atomic mass is 79.9. The van der Waals surface area contributed by atoms with E-state index in [4.69, 9.17) is 4.74 Å². The summed E-state index contributed by atoms with van der Waals surface area (Å²) in [6.07, 6.45) is -2.86. The first-order valence-electron chi connectivity index (χ1n) is 10.4. The molecule has 0 atom stereocenters. The van der Waals surface area contributed by atoms with Gasteiger partial charge in [-0.2, -0.15) is 18.3 Å².